The van der Waals surface area contributed by atoms with Gasteiger partial charge in [-0.1, -0.05) is 15.9 Å². The van der Waals surface area contributed by atoms with Gasteiger partial charge in [-0.05, 0) is 42.5 Å². The maximum absolute atomic E-state index is 12.8. The fraction of sp³-hybridized carbons (Fsp3) is 0. The molecular weight excluding hydrogens is 391 g/mol. The second-order valence-electron chi connectivity index (χ2n) is 5.09. The Bertz CT molecular complexity index is 966. The van der Waals surface area contributed by atoms with Crippen LogP contribution in [0.2, 0.25) is 0 Å². The molecule has 6 nitrogen and oxygen atoms in total. The van der Waals surface area contributed by atoms with E-state index in [-0.39, 0.29) is 0 Å². The van der Waals surface area contributed by atoms with E-state index in [1.54, 1.807) is 6.20 Å². The number of carbonyl (C=O) groups excluding carboxylic acids is 2. The zero-order chi connectivity index (χ0) is 17.8. The van der Waals surface area contributed by atoms with Gasteiger partial charge in [0, 0.05) is 32.8 Å². The van der Waals surface area contributed by atoms with Crippen molar-refractivity contribution in [2.45, 2.75) is 0 Å². The molecule has 0 bridgehead atoms. The minimum atomic E-state index is -0.929. The molecule has 0 saturated heterocycles. The Morgan fingerprint density at radius 2 is 1.88 bits per heavy atom. The summed E-state index contributed by atoms with van der Waals surface area (Å²) in [4.78, 5) is 26.6. The number of hydrogen-bond donors (Lipinski definition) is 3. The molecular formula is C17H12BrFN4O2. The number of nitrogens with zero attached hydrogens (tertiary/aromatic N) is 1. The number of amides is 2. The molecule has 0 saturated carbocycles. The molecule has 2 amide bonds. The molecule has 3 rings (SSSR count). The number of benzene rings is 2. The van der Waals surface area contributed by atoms with Crippen molar-refractivity contribution in [3.63, 3.8) is 0 Å². The van der Waals surface area contributed by atoms with Crippen molar-refractivity contribution in [3.8, 4) is 0 Å². The molecule has 8 heteroatoms. The smallest absolute Gasteiger partial charge is 0.329 e. The third-order valence-electron chi connectivity index (χ3n) is 3.35. The molecule has 0 atom stereocenters. The van der Waals surface area contributed by atoms with Crippen molar-refractivity contribution in [3.05, 3.63) is 64.5 Å². The second kappa shape index (κ2) is 7.27. The number of carbonyl (C=O) groups is 2. The molecule has 1 aromatic heterocycles. The largest absolute Gasteiger partial charge is 0.361 e. The van der Waals surface area contributed by atoms with E-state index in [4.69, 9.17) is 0 Å². The van der Waals surface area contributed by atoms with Gasteiger partial charge in [-0.15, -0.1) is 0 Å². The van der Waals surface area contributed by atoms with Gasteiger partial charge in [-0.2, -0.15) is 5.10 Å². The molecule has 3 aromatic rings. The molecule has 0 aliphatic carbocycles. The lowest BCUT2D eigenvalue weighted by molar-refractivity contribution is -0.136. The van der Waals surface area contributed by atoms with Crippen LogP contribution in [0, 0.1) is 5.82 Å². The first-order valence-corrected chi connectivity index (χ1v) is 7.99. The molecule has 0 unspecified atom stereocenters. The summed E-state index contributed by atoms with van der Waals surface area (Å²) in [5, 5.41) is 7.06. The number of hydrazone groups is 1. The second-order valence-corrected chi connectivity index (χ2v) is 6.01. The highest BCUT2D eigenvalue weighted by atomic mass is 79.9. The normalized spacial score (nSPS) is 11.0. The Balaban J connectivity index is 1.62. The summed E-state index contributed by atoms with van der Waals surface area (Å²) < 4.78 is 13.7. The van der Waals surface area contributed by atoms with Crippen LogP contribution in [0.5, 0.6) is 0 Å². The molecule has 3 N–H and O–H groups in total. The first kappa shape index (κ1) is 16.8. The highest BCUT2D eigenvalue weighted by Gasteiger charge is 2.12. The molecule has 0 spiro atoms. The van der Waals surface area contributed by atoms with E-state index in [0.29, 0.717) is 5.69 Å². The molecule has 25 heavy (non-hydrogen) atoms. The van der Waals surface area contributed by atoms with Gasteiger partial charge in [0.2, 0.25) is 0 Å². The minimum absolute atomic E-state index is 0.312. The first-order valence-electron chi connectivity index (χ1n) is 7.19. The number of rotatable bonds is 3. The van der Waals surface area contributed by atoms with E-state index in [1.807, 2.05) is 18.2 Å². The van der Waals surface area contributed by atoms with E-state index >= 15 is 0 Å². The van der Waals surface area contributed by atoms with E-state index in [9.17, 15) is 14.0 Å². The van der Waals surface area contributed by atoms with E-state index < -0.39 is 17.6 Å². The van der Waals surface area contributed by atoms with Crippen LogP contribution in [0.15, 0.2) is 58.2 Å². The van der Waals surface area contributed by atoms with E-state index in [2.05, 4.69) is 36.8 Å². The zero-order valence-electron chi connectivity index (χ0n) is 12.7. The summed E-state index contributed by atoms with van der Waals surface area (Å²) in [6.07, 6.45) is 3.18. The number of aromatic amines is 1. The molecule has 0 aliphatic heterocycles. The highest BCUT2D eigenvalue weighted by molar-refractivity contribution is 9.10. The molecule has 0 aliphatic rings. The van der Waals surface area contributed by atoms with Gasteiger partial charge in [0.05, 0.1) is 6.21 Å². The fourth-order valence-corrected chi connectivity index (χ4v) is 2.51. The van der Waals surface area contributed by atoms with Crippen LogP contribution in [-0.2, 0) is 9.59 Å². The average molecular weight is 403 g/mol. The Hall–Kier alpha value is -3.00. The lowest BCUT2D eigenvalue weighted by Crippen LogP contribution is -2.32. The van der Waals surface area contributed by atoms with Crippen LogP contribution in [0.25, 0.3) is 10.9 Å². The lowest BCUT2D eigenvalue weighted by atomic mass is 10.2. The average Bonchev–Trinajstić information content (AvgIpc) is 2.99. The monoisotopic (exact) mass is 402 g/mol. The number of halogens is 2. The number of hydrogen-bond acceptors (Lipinski definition) is 3. The number of aromatic nitrogens is 1. The van der Waals surface area contributed by atoms with Crippen molar-refractivity contribution in [2.75, 3.05) is 5.32 Å². The maximum atomic E-state index is 12.8. The predicted molar refractivity (Wildman–Crippen MR) is 96.8 cm³/mol. The van der Waals surface area contributed by atoms with Crippen LogP contribution in [-0.4, -0.2) is 23.0 Å². The van der Waals surface area contributed by atoms with Crippen LogP contribution in [0.3, 0.4) is 0 Å². The third-order valence-corrected chi connectivity index (χ3v) is 3.85. The summed E-state index contributed by atoms with van der Waals surface area (Å²) in [5.41, 5.74) is 4.14. The van der Waals surface area contributed by atoms with Gasteiger partial charge in [-0.3, -0.25) is 9.59 Å². The number of fused-ring (bicyclic) bond motifs is 1. The van der Waals surface area contributed by atoms with Gasteiger partial charge in [-0.25, -0.2) is 9.82 Å². The van der Waals surface area contributed by atoms with Crippen molar-refractivity contribution >= 4 is 50.5 Å². The van der Waals surface area contributed by atoms with Gasteiger partial charge in [0.15, 0.2) is 0 Å². The van der Waals surface area contributed by atoms with Gasteiger partial charge >= 0.3 is 11.8 Å². The molecule has 126 valence electrons. The topological polar surface area (TPSA) is 86.3 Å². The molecule has 0 radical (unpaired) electrons. The molecule has 2 aromatic carbocycles. The zero-order valence-corrected chi connectivity index (χ0v) is 14.3. The highest BCUT2D eigenvalue weighted by Crippen LogP contribution is 2.21. The Labute approximate surface area is 150 Å². The van der Waals surface area contributed by atoms with Gasteiger partial charge in [0.25, 0.3) is 0 Å². The number of anilines is 1. The fourth-order valence-electron chi connectivity index (χ4n) is 2.15. The van der Waals surface area contributed by atoms with Crippen molar-refractivity contribution in [2.24, 2.45) is 5.10 Å². The predicted octanol–water partition coefficient (Wildman–Crippen LogP) is 3.16. The van der Waals surface area contributed by atoms with Gasteiger partial charge < -0.3 is 10.3 Å². The molecule has 1 heterocycles. The van der Waals surface area contributed by atoms with Crippen LogP contribution in [0.4, 0.5) is 10.1 Å². The Morgan fingerprint density at radius 1 is 1.12 bits per heavy atom. The molecule has 0 fully saturated rings. The maximum Gasteiger partial charge on any atom is 0.329 e. The van der Waals surface area contributed by atoms with Crippen molar-refractivity contribution in [1.29, 1.82) is 0 Å². The quantitative estimate of drug-likeness (QED) is 0.357. The minimum Gasteiger partial charge on any atom is -0.361 e. The standard InChI is InChI=1S/C17H12BrFN4O2/c18-11-1-6-15-14(7-11)10(8-20-15)9-21-23-17(25)16(24)22-13-4-2-12(19)3-5-13/h1-9,20H,(H,22,24)(H,23,25)/b21-9-. The van der Waals surface area contributed by atoms with Crippen LogP contribution < -0.4 is 10.7 Å². The van der Waals surface area contributed by atoms with Crippen LogP contribution in [0.1, 0.15) is 5.56 Å². The Kier molecular flexibility index (Phi) is 4.90. The summed E-state index contributed by atoms with van der Waals surface area (Å²) >= 11 is 3.39. The van der Waals surface area contributed by atoms with E-state index in [1.165, 1.54) is 30.5 Å². The first-order chi connectivity index (χ1) is 12.0. The summed E-state index contributed by atoms with van der Waals surface area (Å²) in [6, 6.07) is 10.8. The van der Waals surface area contributed by atoms with Crippen molar-refractivity contribution in [1.82, 2.24) is 10.4 Å². The Morgan fingerprint density at radius 3 is 2.64 bits per heavy atom. The SMILES string of the molecule is O=C(N/N=C\c1c[nH]c2ccc(Br)cc12)C(=O)Nc1ccc(F)cc1. The third kappa shape index (κ3) is 4.10. The van der Waals surface area contributed by atoms with Crippen molar-refractivity contribution < 1.29 is 14.0 Å². The summed E-state index contributed by atoms with van der Waals surface area (Å²) in [5.74, 6) is -2.26. The number of nitrogens with one attached hydrogen (secondary N) is 3. The van der Waals surface area contributed by atoms with Crippen LogP contribution >= 0.6 is 15.9 Å². The summed E-state index contributed by atoms with van der Waals surface area (Å²) in [6.45, 7) is 0. The van der Waals surface area contributed by atoms with Gasteiger partial charge in [0.1, 0.15) is 5.82 Å². The lowest BCUT2D eigenvalue weighted by Gasteiger charge is -2.03. The van der Waals surface area contributed by atoms with E-state index in [0.717, 1.165) is 20.9 Å². The summed E-state index contributed by atoms with van der Waals surface area (Å²) in [7, 11) is 0. The number of H-pyrrole nitrogens is 1.